The summed E-state index contributed by atoms with van der Waals surface area (Å²) in [5, 5.41) is 0. The van der Waals surface area contributed by atoms with E-state index in [-0.39, 0.29) is 6.29 Å². The predicted molar refractivity (Wildman–Crippen MR) is 66.6 cm³/mol. The molecule has 0 bridgehead atoms. The van der Waals surface area contributed by atoms with Gasteiger partial charge in [0.25, 0.3) is 0 Å². The Bertz CT molecular complexity index is 308. The van der Waals surface area contributed by atoms with Gasteiger partial charge in [0, 0.05) is 39.2 Å². The van der Waals surface area contributed by atoms with E-state index in [9.17, 15) is 0 Å². The van der Waals surface area contributed by atoms with Crippen molar-refractivity contribution in [1.82, 2.24) is 14.5 Å². The van der Waals surface area contributed by atoms with Crippen molar-refractivity contribution >= 4 is 0 Å². The lowest BCUT2D eigenvalue weighted by atomic mass is 10.4. The van der Waals surface area contributed by atoms with Crippen molar-refractivity contribution in [2.75, 3.05) is 26.8 Å². The molecular formula is C12H23N3O2. The quantitative estimate of drug-likeness (QED) is 0.642. The maximum absolute atomic E-state index is 5.51. The number of aryl methyl sites for hydroxylation is 1. The second-order valence-electron chi connectivity index (χ2n) is 3.99. The first-order valence-electron chi connectivity index (χ1n) is 6.05. The summed E-state index contributed by atoms with van der Waals surface area (Å²) in [5.41, 5.74) is 0. The fourth-order valence-electron chi connectivity index (χ4n) is 1.63. The number of aromatic nitrogens is 2. The van der Waals surface area contributed by atoms with Crippen LogP contribution in [-0.2, 0) is 23.1 Å². The fourth-order valence-corrected chi connectivity index (χ4v) is 1.63. The summed E-state index contributed by atoms with van der Waals surface area (Å²) in [4.78, 5) is 6.45. The first-order valence-corrected chi connectivity index (χ1v) is 6.05. The highest BCUT2D eigenvalue weighted by molar-refractivity contribution is 4.90. The van der Waals surface area contributed by atoms with E-state index in [1.54, 1.807) is 0 Å². The van der Waals surface area contributed by atoms with Gasteiger partial charge in [0.2, 0.25) is 0 Å². The summed E-state index contributed by atoms with van der Waals surface area (Å²) in [6.07, 6.45) is 3.60. The van der Waals surface area contributed by atoms with Crippen LogP contribution in [0.1, 0.15) is 19.7 Å². The van der Waals surface area contributed by atoms with E-state index in [2.05, 4.69) is 9.88 Å². The minimum Gasteiger partial charge on any atom is -0.352 e. The Labute approximate surface area is 103 Å². The molecule has 0 fully saturated rings. The lowest BCUT2D eigenvalue weighted by Gasteiger charge is -2.23. The molecule has 0 saturated heterocycles. The summed E-state index contributed by atoms with van der Waals surface area (Å²) in [6.45, 7) is 6.83. The Morgan fingerprint density at radius 1 is 1.35 bits per heavy atom. The van der Waals surface area contributed by atoms with Crippen molar-refractivity contribution in [2.45, 2.75) is 26.7 Å². The number of nitrogens with zero attached hydrogens (tertiary/aromatic N) is 3. The van der Waals surface area contributed by atoms with Gasteiger partial charge in [-0.25, -0.2) is 4.98 Å². The van der Waals surface area contributed by atoms with Crippen LogP contribution in [0.4, 0.5) is 0 Å². The molecule has 0 aliphatic heterocycles. The van der Waals surface area contributed by atoms with Crippen molar-refractivity contribution in [3.8, 4) is 0 Å². The van der Waals surface area contributed by atoms with Gasteiger partial charge in [0.1, 0.15) is 5.82 Å². The normalized spacial score (nSPS) is 11.6. The third-order valence-electron chi connectivity index (χ3n) is 2.50. The van der Waals surface area contributed by atoms with Crippen molar-refractivity contribution < 1.29 is 9.47 Å². The fraction of sp³-hybridized carbons (Fsp3) is 0.750. The van der Waals surface area contributed by atoms with Gasteiger partial charge < -0.3 is 14.0 Å². The second kappa shape index (κ2) is 7.42. The lowest BCUT2D eigenvalue weighted by molar-refractivity contribution is -0.146. The molecule has 0 saturated carbocycles. The molecule has 0 aliphatic rings. The molecule has 98 valence electrons. The molecule has 0 N–H and O–H groups in total. The Morgan fingerprint density at radius 3 is 2.47 bits per heavy atom. The first-order chi connectivity index (χ1) is 8.17. The first kappa shape index (κ1) is 14.2. The van der Waals surface area contributed by atoms with E-state index in [1.165, 1.54) is 0 Å². The molecule has 0 spiro atoms. The third-order valence-corrected chi connectivity index (χ3v) is 2.50. The molecule has 5 heteroatoms. The molecule has 0 amide bonds. The molecule has 1 rings (SSSR count). The zero-order valence-electron chi connectivity index (χ0n) is 11.2. The van der Waals surface area contributed by atoms with Crippen LogP contribution in [0.5, 0.6) is 0 Å². The van der Waals surface area contributed by atoms with E-state index in [4.69, 9.17) is 9.47 Å². The highest BCUT2D eigenvalue weighted by Crippen LogP contribution is 2.03. The summed E-state index contributed by atoms with van der Waals surface area (Å²) in [6, 6.07) is 0. The SMILES string of the molecule is CCOC(CN(C)Cc1nccn1C)OCC. The average molecular weight is 241 g/mol. The topological polar surface area (TPSA) is 39.5 Å². The zero-order valence-corrected chi connectivity index (χ0v) is 11.2. The molecule has 5 nitrogen and oxygen atoms in total. The molecule has 0 aromatic carbocycles. The Hall–Kier alpha value is -0.910. The van der Waals surface area contributed by atoms with Gasteiger partial charge in [-0.3, -0.25) is 4.90 Å². The van der Waals surface area contributed by atoms with Crippen LogP contribution >= 0.6 is 0 Å². The zero-order chi connectivity index (χ0) is 12.7. The molecule has 0 aliphatic carbocycles. The minimum atomic E-state index is -0.157. The molecule has 1 aromatic rings. The average Bonchev–Trinajstić information content (AvgIpc) is 2.65. The van der Waals surface area contributed by atoms with E-state index in [1.807, 2.05) is 44.9 Å². The lowest BCUT2D eigenvalue weighted by Crippen LogP contribution is -2.33. The maximum Gasteiger partial charge on any atom is 0.170 e. The molecule has 1 heterocycles. The molecule has 17 heavy (non-hydrogen) atoms. The van der Waals surface area contributed by atoms with Crippen molar-refractivity contribution in [1.29, 1.82) is 0 Å². The number of likely N-dealkylation sites (N-methyl/N-ethyl adjacent to an activating group) is 1. The van der Waals surface area contributed by atoms with Gasteiger partial charge in [-0.1, -0.05) is 0 Å². The molecule has 0 atom stereocenters. The van der Waals surface area contributed by atoms with Gasteiger partial charge in [0.05, 0.1) is 6.54 Å². The van der Waals surface area contributed by atoms with Crippen LogP contribution in [0.25, 0.3) is 0 Å². The summed E-state index contributed by atoms with van der Waals surface area (Å²) in [5.74, 6) is 1.04. The van der Waals surface area contributed by atoms with E-state index in [0.717, 1.165) is 18.9 Å². The van der Waals surface area contributed by atoms with Crippen LogP contribution in [0.2, 0.25) is 0 Å². The van der Waals surface area contributed by atoms with Crippen LogP contribution in [-0.4, -0.2) is 47.5 Å². The van der Waals surface area contributed by atoms with Gasteiger partial charge in [-0.2, -0.15) is 0 Å². The third kappa shape index (κ3) is 4.85. The minimum absolute atomic E-state index is 0.157. The number of hydrogen-bond acceptors (Lipinski definition) is 4. The van der Waals surface area contributed by atoms with Gasteiger partial charge >= 0.3 is 0 Å². The summed E-state index contributed by atoms with van der Waals surface area (Å²) >= 11 is 0. The standard InChI is InChI=1S/C12H23N3O2/c1-5-16-12(17-6-2)10-14(3)9-11-13-7-8-15(11)4/h7-8,12H,5-6,9-10H2,1-4H3. The highest BCUT2D eigenvalue weighted by Gasteiger charge is 2.12. The largest absolute Gasteiger partial charge is 0.352 e. The Morgan fingerprint density at radius 2 is 2.00 bits per heavy atom. The Balaban J connectivity index is 2.41. The molecule has 0 radical (unpaired) electrons. The van der Waals surface area contributed by atoms with Crippen LogP contribution in [0.15, 0.2) is 12.4 Å². The summed E-state index contributed by atoms with van der Waals surface area (Å²) < 4.78 is 13.0. The van der Waals surface area contributed by atoms with Crippen LogP contribution < -0.4 is 0 Å². The Kier molecular flexibility index (Phi) is 6.18. The number of imidazole rings is 1. The van der Waals surface area contributed by atoms with Crippen molar-refractivity contribution in [3.05, 3.63) is 18.2 Å². The molecule has 1 aromatic heterocycles. The highest BCUT2D eigenvalue weighted by atomic mass is 16.7. The van der Waals surface area contributed by atoms with Crippen LogP contribution in [0.3, 0.4) is 0 Å². The van der Waals surface area contributed by atoms with Gasteiger partial charge in [-0.05, 0) is 20.9 Å². The van der Waals surface area contributed by atoms with Crippen LogP contribution in [0, 0.1) is 0 Å². The number of ether oxygens (including phenoxy) is 2. The number of hydrogen-bond donors (Lipinski definition) is 0. The number of rotatable bonds is 8. The maximum atomic E-state index is 5.51. The molecule has 0 unspecified atom stereocenters. The second-order valence-corrected chi connectivity index (χ2v) is 3.99. The van der Waals surface area contributed by atoms with E-state index < -0.39 is 0 Å². The van der Waals surface area contributed by atoms with E-state index >= 15 is 0 Å². The van der Waals surface area contributed by atoms with Gasteiger partial charge in [0.15, 0.2) is 6.29 Å². The van der Waals surface area contributed by atoms with Gasteiger partial charge in [-0.15, -0.1) is 0 Å². The predicted octanol–water partition coefficient (Wildman–Crippen LogP) is 1.25. The smallest absolute Gasteiger partial charge is 0.170 e. The van der Waals surface area contributed by atoms with Crippen molar-refractivity contribution in [3.63, 3.8) is 0 Å². The van der Waals surface area contributed by atoms with Crippen molar-refractivity contribution in [2.24, 2.45) is 7.05 Å². The monoisotopic (exact) mass is 241 g/mol. The summed E-state index contributed by atoms with van der Waals surface area (Å²) in [7, 11) is 4.04. The van der Waals surface area contributed by atoms with E-state index in [0.29, 0.717) is 13.2 Å². The molecular weight excluding hydrogens is 218 g/mol.